The van der Waals surface area contributed by atoms with Crippen molar-refractivity contribution in [3.05, 3.63) is 0 Å². The van der Waals surface area contributed by atoms with Gasteiger partial charge in [0.15, 0.2) is 0 Å². The van der Waals surface area contributed by atoms with Gasteiger partial charge in [0, 0.05) is 13.5 Å². The summed E-state index contributed by atoms with van der Waals surface area (Å²) in [5.74, 6) is 2.06. The molecule has 4 heteroatoms. The number of likely N-dealkylation sites (N-methyl/N-ethyl adjacent to an activating group) is 1. The van der Waals surface area contributed by atoms with Crippen molar-refractivity contribution in [2.24, 2.45) is 0 Å². The number of hydrogen-bond acceptors (Lipinski definition) is 2. The maximum atomic E-state index is 11.1. The quantitative estimate of drug-likeness (QED) is 0.409. The summed E-state index contributed by atoms with van der Waals surface area (Å²) in [5.41, 5.74) is 0. The molecular formula is C7H8N2O2. The summed E-state index contributed by atoms with van der Waals surface area (Å²) in [6.07, 6.45) is 5.25. The molecule has 1 atom stereocenters. The van der Waals surface area contributed by atoms with Crippen LogP contribution >= 0.6 is 0 Å². The van der Waals surface area contributed by atoms with Crippen LogP contribution in [0.5, 0.6) is 0 Å². The van der Waals surface area contributed by atoms with Gasteiger partial charge in [0.05, 0.1) is 0 Å². The molecule has 1 saturated heterocycles. The van der Waals surface area contributed by atoms with Gasteiger partial charge < -0.3 is 5.32 Å². The van der Waals surface area contributed by atoms with Crippen molar-refractivity contribution < 1.29 is 9.59 Å². The first-order valence-electron chi connectivity index (χ1n) is 3.18. The zero-order chi connectivity index (χ0) is 8.43. The molecular weight excluding hydrogens is 144 g/mol. The monoisotopic (exact) mass is 152 g/mol. The molecule has 1 unspecified atom stereocenters. The second kappa shape index (κ2) is 2.62. The Morgan fingerprint density at radius 1 is 1.73 bits per heavy atom. The van der Waals surface area contributed by atoms with Crippen molar-refractivity contribution in [1.29, 1.82) is 0 Å². The van der Waals surface area contributed by atoms with Crippen LogP contribution in [0.4, 0.5) is 4.79 Å². The molecule has 0 aromatic heterocycles. The smallest absolute Gasteiger partial charge is 0.324 e. The standard InChI is InChI=1S/C7H8N2O2/c1-3-4-5-6(10)9(2)7(11)8-5/h1,5H,4H2,2H3,(H,8,11). The van der Waals surface area contributed by atoms with E-state index in [1.807, 2.05) is 0 Å². The maximum absolute atomic E-state index is 11.1. The number of nitrogens with zero attached hydrogens (tertiary/aromatic N) is 1. The summed E-state index contributed by atoms with van der Waals surface area (Å²) in [7, 11) is 1.42. The van der Waals surface area contributed by atoms with Gasteiger partial charge in [-0.15, -0.1) is 12.3 Å². The second-order valence-electron chi connectivity index (χ2n) is 2.31. The summed E-state index contributed by atoms with van der Waals surface area (Å²) >= 11 is 0. The third-order valence-corrected chi connectivity index (χ3v) is 1.55. The Kier molecular flexibility index (Phi) is 1.81. The maximum Gasteiger partial charge on any atom is 0.324 e. The number of carbonyl (C=O) groups is 2. The molecule has 1 aliphatic rings. The van der Waals surface area contributed by atoms with E-state index in [0.717, 1.165) is 4.90 Å². The van der Waals surface area contributed by atoms with Crippen molar-refractivity contribution in [3.63, 3.8) is 0 Å². The van der Waals surface area contributed by atoms with Gasteiger partial charge in [0.25, 0.3) is 5.91 Å². The molecule has 4 nitrogen and oxygen atoms in total. The van der Waals surface area contributed by atoms with Crippen LogP contribution < -0.4 is 5.32 Å². The van der Waals surface area contributed by atoms with E-state index in [2.05, 4.69) is 11.2 Å². The molecule has 0 bridgehead atoms. The Labute approximate surface area is 64.6 Å². The lowest BCUT2D eigenvalue weighted by Crippen LogP contribution is -2.28. The molecule has 0 radical (unpaired) electrons. The van der Waals surface area contributed by atoms with Gasteiger partial charge in [-0.05, 0) is 0 Å². The fourth-order valence-corrected chi connectivity index (χ4v) is 0.898. The van der Waals surface area contributed by atoms with E-state index in [9.17, 15) is 9.59 Å². The molecule has 1 fully saturated rings. The Morgan fingerprint density at radius 3 is 2.73 bits per heavy atom. The third-order valence-electron chi connectivity index (χ3n) is 1.55. The van der Waals surface area contributed by atoms with Crippen LogP contribution in [0.2, 0.25) is 0 Å². The molecule has 0 aromatic rings. The number of rotatable bonds is 1. The number of imide groups is 1. The minimum atomic E-state index is -0.516. The summed E-state index contributed by atoms with van der Waals surface area (Å²) in [6, 6.07) is -0.896. The number of carbonyl (C=O) groups excluding carboxylic acids is 2. The highest BCUT2D eigenvalue weighted by molar-refractivity contribution is 6.03. The van der Waals surface area contributed by atoms with Crippen molar-refractivity contribution in [2.45, 2.75) is 12.5 Å². The molecule has 1 heterocycles. The second-order valence-corrected chi connectivity index (χ2v) is 2.31. The highest BCUT2D eigenvalue weighted by Gasteiger charge is 2.34. The predicted molar refractivity (Wildman–Crippen MR) is 38.5 cm³/mol. The number of hydrogen-bond donors (Lipinski definition) is 1. The van der Waals surface area contributed by atoms with Gasteiger partial charge in [0.1, 0.15) is 6.04 Å². The van der Waals surface area contributed by atoms with Gasteiger partial charge in [-0.25, -0.2) is 4.79 Å². The first kappa shape index (κ1) is 7.61. The minimum Gasteiger partial charge on any atom is -0.325 e. The Bertz CT molecular complexity index is 241. The highest BCUT2D eigenvalue weighted by Crippen LogP contribution is 2.05. The van der Waals surface area contributed by atoms with Crippen LogP contribution in [0.1, 0.15) is 6.42 Å². The van der Waals surface area contributed by atoms with Crippen molar-refractivity contribution in [2.75, 3.05) is 7.05 Å². The van der Waals surface area contributed by atoms with Gasteiger partial charge >= 0.3 is 6.03 Å². The van der Waals surface area contributed by atoms with Crippen molar-refractivity contribution >= 4 is 11.9 Å². The van der Waals surface area contributed by atoms with Gasteiger partial charge in [-0.1, -0.05) is 0 Å². The molecule has 3 amide bonds. The summed E-state index contributed by atoms with van der Waals surface area (Å²) < 4.78 is 0. The average Bonchev–Trinajstić information content (AvgIpc) is 2.19. The number of amides is 3. The Balaban J connectivity index is 2.69. The lowest BCUT2D eigenvalue weighted by molar-refractivity contribution is -0.126. The zero-order valence-electron chi connectivity index (χ0n) is 6.13. The highest BCUT2D eigenvalue weighted by atomic mass is 16.2. The van der Waals surface area contributed by atoms with Crippen LogP contribution in [0.15, 0.2) is 0 Å². The van der Waals surface area contributed by atoms with Crippen molar-refractivity contribution in [1.82, 2.24) is 10.2 Å². The Morgan fingerprint density at radius 2 is 2.36 bits per heavy atom. The van der Waals surface area contributed by atoms with Crippen LogP contribution in [0.25, 0.3) is 0 Å². The average molecular weight is 152 g/mol. The number of nitrogens with one attached hydrogen (secondary N) is 1. The number of terminal acetylenes is 1. The summed E-state index contributed by atoms with van der Waals surface area (Å²) in [4.78, 5) is 22.9. The normalized spacial score (nSPS) is 23.3. The van der Waals surface area contributed by atoms with E-state index in [0.29, 0.717) is 0 Å². The SMILES string of the molecule is C#CCC1NC(=O)N(C)C1=O. The van der Waals surface area contributed by atoms with E-state index < -0.39 is 6.04 Å². The third kappa shape index (κ3) is 1.17. The van der Waals surface area contributed by atoms with Crippen molar-refractivity contribution in [3.8, 4) is 12.3 Å². The van der Waals surface area contributed by atoms with Gasteiger partial charge in [-0.2, -0.15) is 0 Å². The fourth-order valence-electron chi connectivity index (χ4n) is 0.898. The van der Waals surface area contributed by atoms with E-state index in [1.165, 1.54) is 7.05 Å². The van der Waals surface area contributed by atoms with Gasteiger partial charge in [0.2, 0.25) is 0 Å². The largest absolute Gasteiger partial charge is 0.325 e. The zero-order valence-corrected chi connectivity index (χ0v) is 6.13. The summed E-state index contributed by atoms with van der Waals surface area (Å²) in [5, 5.41) is 2.45. The molecule has 0 saturated carbocycles. The van der Waals surface area contributed by atoms with Crippen LogP contribution in [-0.4, -0.2) is 29.9 Å². The van der Waals surface area contributed by atoms with Crippen LogP contribution in [-0.2, 0) is 4.79 Å². The molecule has 0 spiro atoms. The van der Waals surface area contributed by atoms with Gasteiger partial charge in [-0.3, -0.25) is 9.69 Å². The van der Waals surface area contributed by atoms with E-state index in [-0.39, 0.29) is 18.4 Å². The first-order chi connectivity index (χ1) is 5.16. The van der Waals surface area contributed by atoms with E-state index >= 15 is 0 Å². The lowest BCUT2D eigenvalue weighted by atomic mass is 10.2. The fraction of sp³-hybridized carbons (Fsp3) is 0.429. The molecule has 58 valence electrons. The Hall–Kier alpha value is -1.50. The summed E-state index contributed by atoms with van der Waals surface area (Å²) in [6.45, 7) is 0. The van der Waals surface area contributed by atoms with Crippen LogP contribution in [0.3, 0.4) is 0 Å². The number of urea groups is 1. The molecule has 1 N–H and O–H groups in total. The molecule has 1 rings (SSSR count). The molecule has 1 aliphatic heterocycles. The molecule has 0 aromatic carbocycles. The minimum absolute atomic E-state index is 0.257. The molecule has 11 heavy (non-hydrogen) atoms. The van der Waals surface area contributed by atoms with Crippen LogP contribution in [0, 0.1) is 12.3 Å². The first-order valence-corrected chi connectivity index (χ1v) is 3.18. The molecule has 0 aliphatic carbocycles. The lowest BCUT2D eigenvalue weighted by Gasteiger charge is -2.02. The van der Waals surface area contributed by atoms with E-state index in [1.54, 1.807) is 0 Å². The predicted octanol–water partition coefficient (Wildman–Crippen LogP) is -0.440. The topological polar surface area (TPSA) is 49.4 Å². The van der Waals surface area contributed by atoms with E-state index in [4.69, 9.17) is 6.42 Å².